The maximum atomic E-state index is 10.6. The number of nitrogens with one attached hydrogen (secondary N) is 1. The summed E-state index contributed by atoms with van der Waals surface area (Å²) in [5.41, 5.74) is 7.37. The highest BCUT2D eigenvalue weighted by atomic mass is 16.5. The van der Waals surface area contributed by atoms with Gasteiger partial charge in [-0.1, -0.05) is 26.8 Å². The van der Waals surface area contributed by atoms with E-state index in [0.29, 0.717) is 5.69 Å². The van der Waals surface area contributed by atoms with Crippen LogP contribution in [0.15, 0.2) is 23.2 Å². The van der Waals surface area contributed by atoms with E-state index in [0.717, 1.165) is 11.1 Å². The molecule has 5 heteroatoms. The van der Waals surface area contributed by atoms with Gasteiger partial charge in [-0.05, 0) is 28.7 Å². The van der Waals surface area contributed by atoms with Crippen molar-refractivity contribution in [2.45, 2.75) is 32.8 Å². The van der Waals surface area contributed by atoms with Gasteiger partial charge < -0.3 is 10.5 Å². The predicted octanol–water partition coefficient (Wildman–Crippen LogP) is 2.96. The Kier molecular flexibility index (Phi) is 4.23. The molecule has 0 saturated carbocycles. The first-order valence-electron chi connectivity index (χ1n) is 5.52. The fourth-order valence-electron chi connectivity index (χ4n) is 1.67. The van der Waals surface area contributed by atoms with E-state index < -0.39 is 6.09 Å². The third-order valence-electron chi connectivity index (χ3n) is 2.46. The van der Waals surface area contributed by atoms with Gasteiger partial charge in [0.15, 0.2) is 0 Å². The quantitative estimate of drug-likeness (QED) is 0.804. The van der Waals surface area contributed by atoms with Crippen molar-refractivity contribution in [1.29, 1.82) is 5.41 Å². The summed E-state index contributed by atoms with van der Waals surface area (Å²) in [5.74, 6) is 0. The molecule has 18 heavy (non-hydrogen) atoms. The van der Waals surface area contributed by atoms with Crippen LogP contribution in [0.4, 0.5) is 10.5 Å². The van der Waals surface area contributed by atoms with E-state index in [1.807, 2.05) is 38.9 Å². The molecule has 1 rings (SSSR count). The SMILES string of the molecule is CC(C)(C)c1cc(N=C=N)ccc1COC(N)=O. The Morgan fingerprint density at radius 1 is 1.50 bits per heavy atom. The van der Waals surface area contributed by atoms with Crippen molar-refractivity contribution < 1.29 is 9.53 Å². The van der Waals surface area contributed by atoms with Crippen molar-refractivity contribution in [3.05, 3.63) is 29.3 Å². The highest BCUT2D eigenvalue weighted by Gasteiger charge is 2.19. The molecule has 0 saturated heterocycles. The number of amides is 1. The molecule has 0 spiro atoms. The Morgan fingerprint density at radius 3 is 2.67 bits per heavy atom. The molecule has 0 radical (unpaired) electrons. The maximum Gasteiger partial charge on any atom is 0.404 e. The Labute approximate surface area is 106 Å². The van der Waals surface area contributed by atoms with Crippen molar-refractivity contribution in [2.75, 3.05) is 0 Å². The average Bonchev–Trinajstić information content (AvgIpc) is 2.26. The van der Waals surface area contributed by atoms with Crippen LogP contribution in [0.25, 0.3) is 0 Å². The Hall–Kier alpha value is -2.13. The van der Waals surface area contributed by atoms with Crippen molar-refractivity contribution >= 4 is 17.8 Å². The highest BCUT2D eigenvalue weighted by molar-refractivity contribution is 5.64. The van der Waals surface area contributed by atoms with E-state index in [9.17, 15) is 4.79 Å². The van der Waals surface area contributed by atoms with E-state index in [2.05, 4.69) is 4.99 Å². The number of nitrogens with two attached hydrogens (primary N) is 1. The summed E-state index contributed by atoms with van der Waals surface area (Å²) in [5, 5.41) is 6.85. The molecule has 0 aliphatic carbocycles. The number of primary amides is 1. The molecule has 3 N–H and O–H groups in total. The molecule has 0 heterocycles. The number of carbonyl (C=O) groups excluding carboxylic acids is 1. The molecule has 1 amide bonds. The molecule has 0 bridgehead atoms. The average molecular weight is 247 g/mol. The number of carbonyl (C=O) groups is 1. The van der Waals surface area contributed by atoms with E-state index >= 15 is 0 Å². The fraction of sp³-hybridized carbons (Fsp3) is 0.385. The van der Waals surface area contributed by atoms with Crippen LogP contribution in [-0.2, 0) is 16.8 Å². The number of hydrogen-bond acceptors (Lipinski definition) is 4. The molecule has 0 fully saturated rings. The van der Waals surface area contributed by atoms with Crippen LogP contribution in [-0.4, -0.2) is 12.1 Å². The minimum atomic E-state index is -0.795. The summed E-state index contributed by atoms with van der Waals surface area (Å²) >= 11 is 0. The molecule has 0 aliphatic heterocycles. The summed E-state index contributed by atoms with van der Waals surface area (Å²) < 4.78 is 4.82. The lowest BCUT2D eigenvalue weighted by Gasteiger charge is -2.23. The zero-order valence-electron chi connectivity index (χ0n) is 10.8. The van der Waals surface area contributed by atoms with Gasteiger partial charge in [-0.3, -0.25) is 0 Å². The summed E-state index contributed by atoms with van der Waals surface area (Å²) in [7, 11) is 0. The topological polar surface area (TPSA) is 88.5 Å². The number of aliphatic imine (C=N–C) groups is 1. The monoisotopic (exact) mass is 247 g/mol. The van der Waals surface area contributed by atoms with E-state index in [4.69, 9.17) is 15.9 Å². The minimum absolute atomic E-state index is 0.121. The van der Waals surface area contributed by atoms with Gasteiger partial charge in [0.1, 0.15) is 6.61 Å². The lowest BCUT2D eigenvalue weighted by Crippen LogP contribution is -2.17. The van der Waals surface area contributed by atoms with Crippen molar-refractivity contribution in [2.24, 2.45) is 10.7 Å². The molecule has 0 unspecified atom stereocenters. The van der Waals surface area contributed by atoms with E-state index in [1.54, 1.807) is 6.07 Å². The zero-order chi connectivity index (χ0) is 13.8. The highest BCUT2D eigenvalue weighted by Crippen LogP contribution is 2.30. The summed E-state index contributed by atoms with van der Waals surface area (Å²) in [6, 6.07) is 7.43. The normalized spacial score (nSPS) is 10.6. The summed E-state index contributed by atoms with van der Waals surface area (Å²) in [4.78, 5) is 14.5. The van der Waals surface area contributed by atoms with Crippen LogP contribution < -0.4 is 5.73 Å². The van der Waals surface area contributed by atoms with Crippen molar-refractivity contribution in [3.8, 4) is 0 Å². The van der Waals surface area contributed by atoms with Gasteiger partial charge in [-0.15, -0.1) is 0 Å². The summed E-state index contributed by atoms with van der Waals surface area (Å²) in [6.07, 6.45) is -0.795. The van der Waals surface area contributed by atoms with Gasteiger partial charge in [-0.2, -0.15) is 4.99 Å². The number of ether oxygens (including phenoxy) is 1. The predicted molar refractivity (Wildman–Crippen MR) is 69.3 cm³/mol. The first-order valence-corrected chi connectivity index (χ1v) is 5.52. The first-order chi connectivity index (χ1) is 8.34. The van der Waals surface area contributed by atoms with Crippen LogP contribution in [0.3, 0.4) is 0 Å². The van der Waals surface area contributed by atoms with E-state index in [-0.39, 0.29) is 12.0 Å². The fourth-order valence-corrected chi connectivity index (χ4v) is 1.67. The van der Waals surface area contributed by atoms with E-state index in [1.165, 1.54) is 0 Å². The van der Waals surface area contributed by atoms with Crippen molar-refractivity contribution in [3.63, 3.8) is 0 Å². The molecule has 96 valence electrons. The van der Waals surface area contributed by atoms with Crippen LogP contribution in [0, 0.1) is 5.41 Å². The second kappa shape index (κ2) is 5.47. The molecule has 0 atom stereocenters. The molecule has 0 aliphatic rings. The minimum Gasteiger partial charge on any atom is -0.445 e. The molecule has 0 aromatic heterocycles. The van der Waals surface area contributed by atoms with Gasteiger partial charge >= 0.3 is 6.09 Å². The number of nitrogens with zero attached hydrogens (tertiary/aromatic N) is 1. The van der Waals surface area contributed by atoms with Gasteiger partial charge in [-0.25, -0.2) is 10.2 Å². The standard InChI is InChI=1S/C13H17N3O2/c1-13(2,3)11-6-10(16-8-14)5-4-9(11)7-18-12(15)17/h4-6,14H,7H2,1-3H3,(H2,15,17). The smallest absolute Gasteiger partial charge is 0.404 e. The summed E-state index contributed by atoms with van der Waals surface area (Å²) in [6.45, 7) is 6.28. The van der Waals surface area contributed by atoms with Gasteiger partial charge in [0.05, 0.1) is 11.7 Å². The van der Waals surface area contributed by atoms with Crippen LogP contribution >= 0.6 is 0 Å². The van der Waals surface area contributed by atoms with Gasteiger partial charge in [0.25, 0.3) is 0 Å². The zero-order valence-corrected chi connectivity index (χ0v) is 10.8. The van der Waals surface area contributed by atoms with Crippen LogP contribution in [0.5, 0.6) is 0 Å². The molecule has 5 nitrogen and oxygen atoms in total. The number of benzene rings is 1. The van der Waals surface area contributed by atoms with Crippen LogP contribution in [0.1, 0.15) is 31.9 Å². The number of hydrogen-bond donors (Lipinski definition) is 2. The first kappa shape index (κ1) is 13.9. The second-order valence-corrected chi connectivity index (χ2v) is 4.92. The van der Waals surface area contributed by atoms with Gasteiger partial charge in [0.2, 0.25) is 0 Å². The van der Waals surface area contributed by atoms with Gasteiger partial charge in [0, 0.05) is 0 Å². The van der Waals surface area contributed by atoms with Crippen LogP contribution in [0.2, 0.25) is 0 Å². The number of rotatable bonds is 3. The molecular formula is C13H17N3O2. The lowest BCUT2D eigenvalue weighted by molar-refractivity contribution is 0.149. The molecule has 1 aromatic rings. The molecular weight excluding hydrogens is 230 g/mol. The molecule has 1 aromatic carbocycles. The second-order valence-electron chi connectivity index (χ2n) is 4.92. The maximum absolute atomic E-state index is 10.6. The Balaban J connectivity index is 3.16. The third kappa shape index (κ3) is 3.71. The largest absolute Gasteiger partial charge is 0.445 e. The van der Waals surface area contributed by atoms with Crippen molar-refractivity contribution in [1.82, 2.24) is 0 Å². The Bertz CT molecular complexity index is 497. The lowest BCUT2D eigenvalue weighted by atomic mass is 9.83. The third-order valence-corrected chi connectivity index (χ3v) is 2.46. The Morgan fingerprint density at radius 2 is 2.17 bits per heavy atom.